The van der Waals surface area contributed by atoms with Gasteiger partial charge in [0.25, 0.3) is 0 Å². The highest BCUT2D eigenvalue weighted by Gasteiger charge is 2.26. The predicted molar refractivity (Wildman–Crippen MR) is 88.7 cm³/mol. The van der Waals surface area contributed by atoms with Crippen LogP contribution in [0.2, 0.25) is 10.0 Å². The smallest absolute Gasteiger partial charge is 0.323 e. The summed E-state index contributed by atoms with van der Waals surface area (Å²) < 4.78 is 5.26. The Morgan fingerprint density at radius 3 is 2.65 bits per heavy atom. The van der Waals surface area contributed by atoms with Gasteiger partial charge in [-0.05, 0) is 42.7 Å². The van der Waals surface area contributed by atoms with Crippen LogP contribution in [0, 0.1) is 0 Å². The minimum atomic E-state index is -1.04. The molecule has 1 aliphatic heterocycles. The lowest BCUT2D eigenvalue weighted by atomic mass is 10.1. The van der Waals surface area contributed by atoms with Crippen molar-refractivity contribution in [2.24, 2.45) is 0 Å². The number of halogens is 2. The molecule has 0 radical (unpaired) electrons. The number of rotatable bonds is 5. The average Bonchev–Trinajstić information content (AvgIpc) is 2.54. The van der Waals surface area contributed by atoms with Crippen LogP contribution >= 0.6 is 23.2 Å². The van der Waals surface area contributed by atoms with E-state index < -0.39 is 5.97 Å². The Labute approximate surface area is 144 Å². The Morgan fingerprint density at radius 1 is 1.30 bits per heavy atom. The highest BCUT2D eigenvalue weighted by atomic mass is 35.5. The van der Waals surface area contributed by atoms with Gasteiger partial charge in [0, 0.05) is 35.4 Å². The molecular weight excluding hydrogens is 341 g/mol. The molecule has 0 aliphatic carbocycles. The number of amides is 1. The molecule has 7 heteroatoms. The first-order valence-electron chi connectivity index (χ1n) is 7.20. The number of carboxylic acid groups (broad SMARTS) is 1. The number of benzene rings is 1. The first kappa shape index (κ1) is 17.8. The van der Waals surface area contributed by atoms with Crippen molar-refractivity contribution in [2.45, 2.75) is 18.9 Å². The maximum atomic E-state index is 12.4. The van der Waals surface area contributed by atoms with E-state index in [-0.39, 0.29) is 18.5 Å². The number of carbonyl (C=O) groups excluding carboxylic acids is 1. The van der Waals surface area contributed by atoms with E-state index in [1.807, 2.05) is 0 Å². The molecule has 0 atom stereocenters. The molecule has 1 aromatic rings. The van der Waals surface area contributed by atoms with Crippen molar-refractivity contribution in [3.05, 3.63) is 39.9 Å². The fourth-order valence-corrected chi connectivity index (χ4v) is 2.79. The Balaban J connectivity index is 2.14. The molecule has 5 nitrogen and oxygen atoms in total. The molecule has 0 aromatic heterocycles. The molecular formula is C16H17Cl2NO4. The van der Waals surface area contributed by atoms with E-state index in [0.29, 0.717) is 41.7 Å². The summed E-state index contributed by atoms with van der Waals surface area (Å²) >= 11 is 12.0. The summed E-state index contributed by atoms with van der Waals surface area (Å²) in [5, 5.41) is 10.0. The molecule has 23 heavy (non-hydrogen) atoms. The van der Waals surface area contributed by atoms with Gasteiger partial charge in [-0.15, -0.1) is 0 Å². The van der Waals surface area contributed by atoms with Crippen molar-refractivity contribution in [3.63, 3.8) is 0 Å². The Kier molecular flexibility index (Phi) is 6.45. The molecule has 1 heterocycles. The first-order valence-corrected chi connectivity index (χ1v) is 7.96. The quantitative estimate of drug-likeness (QED) is 0.822. The van der Waals surface area contributed by atoms with Gasteiger partial charge in [0.1, 0.15) is 6.54 Å². The van der Waals surface area contributed by atoms with Crippen molar-refractivity contribution < 1.29 is 19.4 Å². The summed E-state index contributed by atoms with van der Waals surface area (Å²) in [6.07, 6.45) is 4.14. The van der Waals surface area contributed by atoms with Gasteiger partial charge >= 0.3 is 5.97 Å². The summed E-state index contributed by atoms with van der Waals surface area (Å²) in [4.78, 5) is 24.8. The normalized spacial score (nSPS) is 15.7. The van der Waals surface area contributed by atoms with Crippen molar-refractivity contribution in [1.82, 2.24) is 4.90 Å². The van der Waals surface area contributed by atoms with E-state index in [4.69, 9.17) is 33.0 Å². The average molecular weight is 358 g/mol. The summed E-state index contributed by atoms with van der Waals surface area (Å²) in [6, 6.07) is 4.80. The lowest BCUT2D eigenvalue weighted by Gasteiger charge is -2.32. The molecule has 0 unspecified atom stereocenters. The molecule has 124 valence electrons. The number of nitrogens with zero attached hydrogens (tertiary/aromatic N) is 1. The highest BCUT2D eigenvalue weighted by molar-refractivity contribution is 6.34. The lowest BCUT2D eigenvalue weighted by molar-refractivity contribution is -0.145. The third-order valence-electron chi connectivity index (χ3n) is 3.58. The van der Waals surface area contributed by atoms with E-state index >= 15 is 0 Å². The van der Waals surface area contributed by atoms with Crippen LogP contribution in [-0.2, 0) is 14.3 Å². The topological polar surface area (TPSA) is 66.8 Å². The van der Waals surface area contributed by atoms with Gasteiger partial charge in [0.05, 0.1) is 0 Å². The molecule has 1 saturated heterocycles. The minimum absolute atomic E-state index is 0.133. The second-order valence-corrected chi connectivity index (χ2v) is 6.05. The van der Waals surface area contributed by atoms with Crippen LogP contribution in [0.5, 0.6) is 0 Å². The molecule has 1 N–H and O–H groups in total. The number of aliphatic carboxylic acids is 1. The third kappa shape index (κ3) is 5.23. The second kappa shape index (κ2) is 8.34. The van der Waals surface area contributed by atoms with Crippen LogP contribution < -0.4 is 0 Å². The first-order chi connectivity index (χ1) is 11.0. The lowest BCUT2D eigenvalue weighted by Crippen LogP contribution is -2.45. The van der Waals surface area contributed by atoms with Crippen LogP contribution in [0.15, 0.2) is 24.3 Å². The van der Waals surface area contributed by atoms with E-state index in [0.717, 1.165) is 0 Å². The van der Waals surface area contributed by atoms with Gasteiger partial charge < -0.3 is 14.7 Å². The fourth-order valence-electron chi connectivity index (χ4n) is 2.43. The molecule has 0 saturated carbocycles. The van der Waals surface area contributed by atoms with Gasteiger partial charge in [0.15, 0.2) is 0 Å². The molecule has 0 spiro atoms. The van der Waals surface area contributed by atoms with Crippen molar-refractivity contribution >= 4 is 41.2 Å². The zero-order valence-corrected chi connectivity index (χ0v) is 13.9. The molecule has 1 aliphatic rings. The number of carboxylic acids is 1. The molecule has 0 bridgehead atoms. The SMILES string of the molecule is O=C(O)CN(C(=O)/C=C/c1cc(Cl)ccc1Cl)C1CCOCC1. The van der Waals surface area contributed by atoms with Gasteiger partial charge in [0.2, 0.25) is 5.91 Å². The minimum Gasteiger partial charge on any atom is -0.480 e. The summed E-state index contributed by atoms with van der Waals surface area (Å²) in [5.41, 5.74) is 0.606. The number of hydrogen-bond donors (Lipinski definition) is 1. The fraction of sp³-hybridized carbons (Fsp3) is 0.375. The van der Waals surface area contributed by atoms with Crippen LogP contribution in [-0.4, -0.2) is 47.7 Å². The number of ether oxygens (including phenoxy) is 1. The molecule has 1 fully saturated rings. The highest BCUT2D eigenvalue weighted by Crippen LogP contribution is 2.22. The summed E-state index contributed by atoms with van der Waals surface area (Å²) in [7, 11) is 0. The van der Waals surface area contributed by atoms with Crippen LogP contribution in [0.3, 0.4) is 0 Å². The standard InChI is InChI=1S/C16H17Cl2NO4/c17-12-2-3-14(18)11(9-12)1-4-15(20)19(10-16(21)22)13-5-7-23-8-6-13/h1-4,9,13H,5-8,10H2,(H,21,22)/b4-1+. The van der Waals surface area contributed by atoms with Crippen LogP contribution in [0.1, 0.15) is 18.4 Å². The van der Waals surface area contributed by atoms with Gasteiger partial charge in [-0.1, -0.05) is 23.2 Å². The Bertz CT molecular complexity index is 612. The monoisotopic (exact) mass is 357 g/mol. The zero-order chi connectivity index (χ0) is 16.8. The van der Waals surface area contributed by atoms with Gasteiger partial charge in [-0.25, -0.2) is 0 Å². The summed E-state index contributed by atoms with van der Waals surface area (Å²) in [6.45, 7) is 0.715. The van der Waals surface area contributed by atoms with Crippen molar-refractivity contribution in [3.8, 4) is 0 Å². The molecule has 1 aromatic carbocycles. The van der Waals surface area contributed by atoms with E-state index in [1.54, 1.807) is 24.3 Å². The van der Waals surface area contributed by atoms with E-state index in [9.17, 15) is 9.59 Å². The van der Waals surface area contributed by atoms with E-state index in [1.165, 1.54) is 11.0 Å². The Hall–Kier alpha value is -1.56. The van der Waals surface area contributed by atoms with E-state index in [2.05, 4.69) is 0 Å². The predicted octanol–water partition coefficient (Wildman–Crippen LogP) is 3.10. The molecule has 2 rings (SSSR count). The Morgan fingerprint density at radius 2 is 2.00 bits per heavy atom. The number of carbonyl (C=O) groups is 2. The maximum absolute atomic E-state index is 12.4. The van der Waals surface area contributed by atoms with Gasteiger partial charge in [-0.2, -0.15) is 0 Å². The summed E-state index contributed by atoms with van der Waals surface area (Å²) in [5.74, 6) is -1.41. The van der Waals surface area contributed by atoms with Crippen LogP contribution in [0.4, 0.5) is 0 Å². The maximum Gasteiger partial charge on any atom is 0.323 e. The van der Waals surface area contributed by atoms with Crippen LogP contribution in [0.25, 0.3) is 6.08 Å². The largest absolute Gasteiger partial charge is 0.480 e. The third-order valence-corrected chi connectivity index (χ3v) is 4.16. The zero-order valence-electron chi connectivity index (χ0n) is 12.4. The molecule has 1 amide bonds. The van der Waals surface area contributed by atoms with Crippen molar-refractivity contribution in [2.75, 3.05) is 19.8 Å². The number of hydrogen-bond acceptors (Lipinski definition) is 3. The van der Waals surface area contributed by atoms with Crippen molar-refractivity contribution in [1.29, 1.82) is 0 Å². The van der Waals surface area contributed by atoms with Gasteiger partial charge in [-0.3, -0.25) is 9.59 Å². The second-order valence-electron chi connectivity index (χ2n) is 5.20.